The molecule has 0 radical (unpaired) electrons. The molecule has 6 heteroatoms. The number of carbonyl (C=O) groups excluding carboxylic acids is 1. The number of anilines is 1. The van der Waals surface area contributed by atoms with Gasteiger partial charge >= 0.3 is 0 Å². The number of hydrogen-bond acceptors (Lipinski definition) is 5. The molecule has 0 aliphatic heterocycles. The monoisotopic (exact) mass is 342 g/mol. The van der Waals surface area contributed by atoms with E-state index in [9.17, 15) is 14.9 Å². The molecule has 2 rings (SSSR count). The summed E-state index contributed by atoms with van der Waals surface area (Å²) in [6.45, 7) is 5.06. The Morgan fingerprint density at radius 3 is 2.52 bits per heavy atom. The number of nitrogens with zero attached hydrogens (tertiary/aromatic N) is 1. The summed E-state index contributed by atoms with van der Waals surface area (Å²) < 4.78 is 5.44. The standard InChI is InChI=1S/C19H22N2O4/c1-14(2)25-12-6-11-20-17-10-9-16(13-18(17)21(23)24)19(22)15-7-4-3-5-8-15/h3-5,7-10,13-14,20H,6,11-12H2,1-2H3. The van der Waals surface area contributed by atoms with Gasteiger partial charge in [-0.25, -0.2) is 0 Å². The summed E-state index contributed by atoms with van der Waals surface area (Å²) in [5, 5.41) is 14.4. The van der Waals surface area contributed by atoms with Crippen LogP contribution in [-0.2, 0) is 4.74 Å². The molecule has 0 atom stereocenters. The van der Waals surface area contributed by atoms with Gasteiger partial charge in [-0.1, -0.05) is 30.3 Å². The van der Waals surface area contributed by atoms with Gasteiger partial charge in [-0.2, -0.15) is 0 Å². The van der Waals surface area contributed by atoms with E-state index in [1.165, 1.54) is 6.07 Å². The van der Waals surface area contributed by atoms with Gasteiger partial charge in [-0.05, 0) is 32.4 Å². The van der Waals surface area contributed by atoms with Crippen LogP contribution in [0.5, 0.6) is 0 Å². The number of hydrogen-bond donors (Lipinski definition) is 1. The second-order valence-electron chi connectivity index (χ2n) is 5.88. The van der Waals surface area contributed by atoms with Crippen LogP contribution in [0.25, 0.3) is 0 Å². The molecular weight excluding hydrogens is 320 g/mol. The van der Waals surface area contributed by atoms with Crippen molar-refractivity contribution in [2.75, 3.05) is 18.5 Å². The van der Waals surface area contributed by atoms with Crippen LogP contribution in [0.3, 0.4) is 0 Å². The maximum Gasteiger partial charge on any atom is 0.293 e. The zero-order valence-corrected chi connectivity index (χ0v) is 14.4. The van der Waals surface area contributed by atoms with E-state index >= 15 is 0 Å². The zero-order valence-electron chi connectivity index (χ0n) is 14.4. The topological polar surface area (TPSA) is 81.5 Å². The van der Waals surface area contributed by atoms with Crippen LogP contribution in [0.15, 0.2) is 48.5 Å². The van der Waals surface area contributed by atoms with E-state index in [0.29, 0.717) is 30.0 Å². The van der Waals surface area contributed by atoms with Crippen molar-refractivity contribution in [2.24, 2.45) is 0 Å². The summed E-state index contributed by atoms with van der Waals surface area (Å²) in [5.74, 6) is -0.236. The van der Waals surface area contributed by atoms with E-state index < -0.39 is 4.92 Å². The Morgan fingerprint density at radius 2 is 1.88 bits per heavy atom. The van der Waals surface area contributed by atoms with Crippen LogP contribution in [0, 0.1) is 10.1 Å². The molecule has 0 spiro atoms. The minimum absolute atomic E-state index is 0.105. The highest BCUT2D eigenvalue weighted by molar-refractivity contribution is 6.09. The van der Waals surface area contributed by atoms with E-state index in [4.69, 9.17) is 4.74 Å². The van der Waals surface area contributed by atoms with Crippen molar-refractivity contribution in [1.29, 1.82) is 0 Å². The van der Waals surface area contributed by atoms with E-state index in [-0.39, 0.29) is 17.6 Å². The Kier molecular flexibility index (Phi) is 6.65. The summed E-state index contributed by atoms with van der Waals surface area (Å²) in [6, 6.07) is 13.2. The highest BCUT2D eigenvalue weighted by atomic mass is 16.6. The molecule has 0 unspecified atom stereocenters. The molecule has 132 valence electrons. The summed E-state index contributed by atoms with van der Waals surface area (Å²) in [4.78, 5) is 23.3. The van der Waals surface area contributed by atoms with Gasteiger partial charge in [0.15, 0.2) is 5.78 Å². The largest absolute Gasteiger partial charge is 0.379 e. The number of nitrogens with one attached hydrogen (secondary N) is 1. The number of nitro benzene ring substituents is 1. The molecule has 0 fully saturated rings. The smallest absolute Gasteiger partial charge is 0.293 e. The Hall–Kier alpha value is -2.73. The van der Waals surface area contributed by atoms with E-state index in [2.05, 4.69) is 5.32 Å². The van der Waals surface area contributed by atoms with Gasteiger partial charge in [-0.15, -0.1) is 0 Å². The SMILES string of the molecule is CC(C)OCCCNc1ccc(C(=O)c2ccccc2)cc1[N+](=O)[O-]. The van der Waals surface area contributed by atoms with Gasteiger partial charge in [0.25, 0.3) is 5.69 Å². The first kappa shape index (κ1) is 18.6. The van der Waals surface area contributed by atoms with Crippen molar-refractivity contribution >= 4 is 17.2 Å². The Bertz CT molecular complexity index is 729. The first-order chi connectivity index (χ1) is 12.0. The minimum Gasteiger partial charge on any atom is -0.379 e. The molecule has 0 heterocycles. The van der Waals surface area contributed by atoms with Crippen LogP contribution >= 0.6 is 0 Å². The second-order valence-corrected chi connectivity index (χ2v) is 5.88. The van der Waals surface area contributed by atoms with Gasteiger partial charge in [0.1, 0.15) is 5.69 Å². The van der Waals surface area contributed by atoms with Crippen molar-refractivity contribution < 1.29 is 14.5 Å². The molecular formula is C19H22N2O4. The molecule has 2 aromatic rings. The van der Waals surface area contributed by atoms with Gasteiger partial charge in [-0.3, -0.25) is 14.9 Å². The van der Waals surface area contributed by atoms with Crippen LogP contribution in [0.1, 0.15) is 36.2 Å². The lowest BCUT2D eigenvalue weighted by molar-refractivity contribution is -0.384. The first-order valence-electron chi connectivity index (χ1n) is 8.22. The Labute approximate surface area is 147 Å². The van der Waals surface area contributed by atoms with Crippen molar-refractivity contribution in [3.05, 3.63) is 69.8 Å². The third-order valence-corrected chi connectivity index (χ3v) is 3.58. The molecule has 0 aliphatic carbocycles. The lowest BCUT2D eigenvalue weighted by Crippen LogP contribution is -2.10. The third-order valence-electron chi connectivity index (χ3n) is 3.58. The molecule has 0 saturated heterocycles. The molecule has 0 bridgehead atoms. The van der Waals surface area contributed by atoms with Gasteiger partial charge < -0.3 is 10.1 Å². The van der Waals surface area contributed by atoms with Crippen molar-refractivity contribution in [3.63, 3.8) is 0 Å². The molecule has 2 aromatic carbocycles. The number of ether oxygens (including phenoxy) is 1. The molecule has 1 N–H and O–H groups in total. The van der Waals surface area contributed by atoms with Crippen LogP contribution in [0.2, 0.25) is 0 Å². The number of rotatable bonds is 9. The van der Waals surface area contributed by atoms with Crippen molar-refractivity contribution in [1.82, 2.24) is 0 Å². The van der Waals surface area contributed by atoms with Crippen molar-refractivity contribution in [2.45, 2.75) is 26.4 Å². The molecule has 0 aliphatic rings. The van der Waals surface area contributed by atoms with Crippen LogP contribution in [0.4, 0.5) is 11.4 Å². The van der Waals surface area contributed by atoms with Crippen molar-refractivity contribution in [3.8, 4) is 0 Å². The van der Waals surface area contributed by atoms with Gasteiger partial charge in [0.05, 0.1) is 11.0 Å². The normalized spacial score (nSPS) is 10.7. The molecule has 25 heavy (non-hydrogen) atoms. The Morgan fingerprint density at radius 1 is 1.16 bits per heavy atom. The van der Waals surface area contributed by atoms with E-state index in [0.717, 1.165) is 6.42 Å². The van der Waals surface area contributed by atoms with Gasteiger partial charge in [0.2, 0.25) is 0 Å². The summed E-state index contributed by atoms with van der Waals surface area (Å²) in [6.07, 6.45) is 0.901. The maximum absolute atomic E-state index is 12.4. The predicted octanol–water partition coefficient (Wildman–Crippen LogP) is 4.05. The predicted molar refractivity (Wildman–Crippen MR) is 97.2 cm³/mol. The van der Waals surface area contributed by atoms with Gasteiger partial charge in [0, 0.05) is 30.3 Å². The lowest BCUT2D eigenvalue weighted by Gasteiger charge is -2.10. The number of nitro groups is 1. The van der Waals surface area contributed by atoms with E-state index in [1.807, 2.05) is 19.9 Å². The van der Waals surface area contributed by atoms with E-state index in [1.54, 1.807) is 36.4 Å². The number of benzene rings is 2. The fraction of sp³-hybridized carbons (Fsp3) is 0.316. The molecule has 0 saturated carbocycles. The fourth-order valence-corrected chi connectivity index (χ4v) is 2.34. The van der Waals surface area contributed by atoms with Crippen LogP contribution in [-0.4, -0.2) is 30.0 Å². The average Bonchev–Trinajstić information content (AvgIpc) is 2.61. The third kappa shape index (κ3) is 5.39. The number of carbonyl (C=O) groups is 1. The highest BCUT2D eigenvalue weighted by Gasteiger charge is 2.18. The zero-order chi connectivity index (χ0) is 18.2. The quantitative estimate of drug-likeness (QED) is 0.322. The lowest BCUT2D eigenvalue weighted by atomic mass is 10.0. The average molecular weight is 342 g/mol. The fourth-order valence-electron chi connectivity index (χ4n) is 2.34. The first-order valence-corrected chi connectivity index (χ1v) is 8.22. The summed E-state index contributed by atoms with van der Waals surface area (Å²) >= 11 is 0. The summed E-state index contributed by atoms with van der Waals surface area (Å²) in [7, 11) is 0. The highest BCUT2D eigenvalue weighted by Crippen LogP contribution is 2.26. The molecule has 6 nitrogen and oxygen atoms in total. The molecule has 0 aromatic heterocycles. The molecule has 0 amide bonds. The Balaban J connectivity index is 2.09. The second kappa shape index (κ2) is 8.94. The summed E-state index contributed by atoms with van der Waals surface area (Å²) in [5.41, 5.74) is 1.10. The van der Waals surface area contributed by atoms with Crippen LogP contribution < -0.4 is 5.32 Å². The minimum atomic E-state index is -0.477. The maximum atomic E-state index is 12.4. The number of ketones is 1.